The highest BCUT2D eigenvalue weighted by molar-refractivity contribution is 9.10. The standard InChI is InChI=1S/C16H21BrO2Si/c1-11(20(3,4)5)14-10-16(14,15(18)19-2)12-6-8-13(17)9-7-12/h6-9H,10H2,1-5H3/b14-11+/t16-/m0/s1. The van der Waals surface area contributed by atoms with Crippen LogP contribution >= 0.6 is 15.9 Å². The van der Waals surface area contributed by atoms with Crippen LogP contribution in [0.3, 0.4) is 0 Å². The summed E-state index contributed by atoms with van der Waals surface area (Å²) in [6.07, 6.45) is 0.803. The first-order valence-corrected chi connectivity index (χ1v) is 11.1. The predicted molar refractivity (Wildman–Crippen MR) is 88.5 cm³/mol. The molecule has 0 amide bonds. The van der Waals surface area contributed by atoms with Gasteiger partial charge in [0.05, 0.1) is 15.2 Å². The van der Waals surface area contributed by atoms with E-state index in [2.05, 4.69) is 42.5 Å². The number of ether oxygens (including phenoxy) is 1. The number of hydrogen-bond acceptors (Lipinski definition) is 2. The van der Waals surface area contributed by atoms with Gasteiger partial charge in [0.15, 0.2) is 0 Å². The molecule has 1 aliphatic rings. The number of benzene rings is 1. The van der Waals surface area contributed by atoms with Gasteiger partial charge >= 0.3 is 5.97 Å². The third-order valence-corrected chi connectivity index (χ3v) is 7.36. The molecular formula is C16H21BrO2Si. The normalized spacial score (nSPS) is 24.3. The Hall–Kier alpha value is -0.873. The first-order valence-electron chi connectivity index (χ1n) is 6.78. The first kappa shape index (κ1) is 15.5. The minimum Gasteiger partial charge on any atom is -0.468 e. The van der Waals surface area contributed by atoms with Gasteiger partial charge in [0.1, 0.15) is 5.41 Å². The lowest BCUT2D eigenvalue weighted by atomic mass is 9.95. The zero-order valence-corrected chi connectivity index (χ0v) is 15.3. The fraction of sp³-hybridized carbons (Fsp3) is 0.438. The molecule has 1 aromatic rings. The number of carbonyl (C=O) groups excluding carboxylic acids is 1. The monoisotopic (exact) mass is 352 g/mol. The van der Waals surface area contributed by atoms with Crippen LogP contribution in [0.4, 0.5) is 0 Å². The van der Waals surface area contributed by atoms with E-state index in [-0.39, 0.29) is 5.97 Å². The average molecular weight is 353 g/mol. The van der Waals surface area contributed by atoms with Crippen LogP contribution in [0.1, 0.15) is 18.9 Å². The zero-order chi connectivity index (χ0) is 15.1. The summed E-state index contributed by atoms with van der Waals surface area (Å²) in [4.78, 5) is 12.4. The van der Waals surface area contributed by atoms with E-state index >= 15 is 0 Å². The Morgan fingerprint density at radius 1 is 1.25 bits per heavy atom. The van der Waals surface area contributed by atoms with E-state index in [9.17, 15) is 4.79 Å². The summed E-state index contributed by atoms with van der Waals surface area (Å²) < 4.78 is 6.11. The molecule has 0 N–H and O–H groups in total. The van der Waals surface area contributed by atoms with Gasteiger partial charge in [-0.25, -0.2) is 0 Å². The SMILES string of the molecule is COC(=O)[C@]1(c2ccc(Br)cc2)C/C1=C(/C)[Si](C)(C)C. The van der Waals surface area contributed by atoms with E-state index in [1.54, 1.807) is 0 Å². The van der Waals surface area contributed by atoms with Gasteiger partial charge in [0.2, 0.25) is 0 Å². The molecule has 0 radical (unpaired) electrons. The van der Waals surface area contributed by atoms with Crippen molar-refractivity contribution in [2.24, 2.45) is 0 Å². The Balaban J connectivity index is 2.52. The van der Waals surface area contributed by atoms with Crippen molar-refractivity contribution in [2.45, 2.75) is 38.4 Å². The van der Waals surface area contributed by atoms with Gasteiger partial charge in [-0.15, -0.1) is 0 Å². The second-order valence-corrected chi connectivity index (χ2v) is 12.6. The molecule has 1 atom stereocenters. The van der Waals surface area contributed by atoms with Crippen LogP contribution in [0.25, 0.3) is 0 Å². The fourth-order valence-electron chi connectivity index (χ4n) is 2.62. The van der Waals surface area contributed by atoms with Crippen LogP contribution in [0, 0.1) is 0 Å². The summed E-state index contributed by atoms with van der Waals surface area (Å²) in [5, 5.41) is 1.42. The Kier molecular flexibility index (Phi) is 4.00. The second kappa shape index (κ2) is 5.15. The molecule has 0 aliphatic heterocycles. The van der Waals surface area contributed by atoms with Crippen LogP contribution in [0.15, 0.2) is 39.5 Å². The Labute approximate surface area is 130 Å². The van der Waals surface area contributed by atoms with E-state index in [0.717, 1.165) is 16.5 Å². The third-order valence-electron chi connectivity index (χ3n) is 4.28. The molecule has 0 unspecified atom stereocenters. The molecule has 0 aromatic heterocycles. The fourth-order valence-corrected chi connectivity index (χ4v) is 4.10. The topological polar surface area (TPSA) is 26.3 Å². The van der Waals surface area contributed by atoms with Crippen molar-refractivity contribution in [3.05, 3.63) is 45.1 Å². The van der Waals surface area contributed by atoms with Gasteiger partial charge in [-0.05, 0) is 31.0 Å². The molecule has 0 bridgehead atoms. The Morgan fingerprint density at radius 2 is 1.80 bits per heavy atom. The highest BCUT2D eigenvalue weighted by Gasteiger charge is 2.59. The summed E-state index contributed by atoms with van der Waals surface area (Å²) >= 11 is 3.44. The van der Waals surface area contributed by atoms with Gasteiger partial charge in [0.25, 0.3) is 0 Å². The van der Waals surface area contributed by atoms with Crippen LogP contribution in [-0.4, -0.2) is 21.2 Å². The van der Waals surface area contributed by atoms with Crippen LogP contribution < -0.4 is 0 Å². The molecule has 4 heteroatoms. The summed E-state index contributed by atoms with van der Waals surface area (Å²) in [5.74, 6) is -0.132. The number of hydrogen-bond donors (Lipinski definition) is 0. The lowest BCUT2D eigenvalue weighted by molar-refractivity contribution is -0.143. The van der Waals surface area contributed by atoms with E-state index < -0.39 is 13.5 Å². The summed E-state index contributed by atoms with van der Waals surface area (Å²) in [5.41, 5.74) is 1.78. The van der Waals surface area contributed by atoms with Gasteiger partial charge in [-0.3, -0.25) is 4.79 Å². The Bertz CT molecular complexity index is 569. The maximum absolute atomic E-state index is 12.4. The van der Waals surface area contributed by atoms with Crippen molar-refractivity contribution >= 4 is 30.0 Å². The predicted octanol–water partition coefficient (Wildman–Crippen LogP) is 4.46. The molecule has 1 aromatic carbocycles. The van der Waals surface area contributed by atoms with Crippen molar-refractivity contribution in [1.29, 1.82) is 0 Å². The van der Waals surface area contributed by atoms with Crippen molar-refractivity contribution in [3.8, 4) is 0 Å². The lowest BCUT2D eigenvalue weighted by Crippen LogP contribution is -2.26. The molecule has 108 valence electrons. The minimum absolute atomic E-state index is 0.132. The number of rotatable bonds is 3. The molecule has 1 saturated carbocycles. The largest absolute Gasteiger partial charge is 0.468 e. The van der Waals surface area contributed by atoms with Crippen LogP contribution in [0.2, 0.25) is 19.6 Å². The number of esters is 1. The minimum atomic E-state index is -1.39. The molecule has 1 fully saturated rings. The molecular weight excluding hydrogens is 332 g/mol. The summed E-state index contributed by atoms with van der Waals surface area (Å²) in [6.45, 7) is 9.14. The van der Waals surface area contributed by atoms with Crippen LogP contribution in [-0.2, 0) is 14.9 Å². The highest BCUT2D eigenvalue weighted by atomic mass is 79.9. The van der Waals surface area contributed by atoms with Crippen molar-refractivity contribution in [2.75, 3.05) is 7.11 Å². The van der Waals surface area contributed by atoms with E-state index in [1.807, 2.05) is 24.3 Å². The quantitative estimate of drug-likeness (QED) is 0.592. The van der Waals surface area contributed by atoms with E-state index in [1.165, 1.54) is 17.9 Å². The van der Waals surface area contributed by atoms with Crippen molar-refractivity contribution in [1.82, 2.24) is 0 Å². The number of methoxy groups -OCH3 is 1. The first-order chi connectivity index (χ1) is 9.23. The molecule has 0 heterocycles. The molecule has 2 rings (SSSR count). The van der Waals surface area contributed by atoms with Gasteiger partial charge in [0, 0.05) is 4.47 Å². The highest BCUT2D eigenvalue weighted by Crippen LogP contribution is 2.57. The summed E-state index contributed by atoms with van der Waals surface area (Å²) in [7, 11) is 0.0851. The number of halogens is 1. The molecule has 0 spiro atoms. The number of carbonyl (C=O) groups is 1. The summed E-state index contributed by atoms with van der Waals surface area (Å²) in [6, 6.07) is 8.01. The third kappa shape index (κ3) is 2.51. The maximum Gasteiger partial charge on any atom is 0.320 e. The zero-order valence-electron chi connectivity index (χ0n) is 12.7. The van der Waals surface area contributed by atoms with Gasteiger partial charge in [-0.2, -0.15) is 0 Å². The molecule has 1 aliphatic carbocycles. The van der Waals surface area contributed by atoms with Gasteiger partial charge in [-0.1, -0.05) is 58.5 Å². The van der Waals surface area contributed by atoms with Gasteiger partial charge < -0.3 is 4.74 Å². The van der Waals surface area contributed by atoms with Crippen molar-refractivity contribution < 1.29 is 9.53 Å². The van der Waals surface area contributed by atoms with E-state index in [4.69, 9.17) is 4.74 Å². The average Bonchev–Trinajstić information content (AvgIpc) is 3.13. The molecule has 2 nitrogen and oxygen atoms in total. The van der Waals surface area contributed by atoms with Crippen molar-refractivity contribution in [3.63, 3.8) is 0 Å². The second-order valence-electron chi connectivity index (χ2n) is 6.43. The lowest BCUT2D eigenvalue weighted by Gasteiger charge is -2.19. The maximum atomic E-state index is 12.4. The van der Waals surface area contributed by atoms with Crippen LogP contribution in [0.5, 0.6) is 0 Å². The Morgan fingerprint density at radius 3 is 2.25 bits per heavy atom. The smallest absolute Gasteiger partial charge is 0.320 e. The molecule has 0 saturated heterocycles. The number of allylic oxidation sites excluding steroid dienone is 1. The van der Waals surface area contributed by atoms with E-state index in [0.29, 0.717) is 0 Å². The molecule has 20 heavy (non-hydrogen) atoms.